The minimum absolute atomic E-state index is 0.163. The number of carbonyl (C=O) groups is 1. The maximum Gasteiger partial charge on any atom is 0.150 e. The maximum atomic E-state index is 10.5. The Hall–Kier alpha value is -1.35. The molecule has 1 aromatic carbocycles. The van der Waals surface area contributed by atoms with Crippen LogP contribution in [0.25, 0.3) is 0 Å². The fraction of sp³-hybridized carbons (Fsp3) is 0.300. The van der Waals surface area contributed by atoms with E-state index >= 15 is 0 Å². The van der Waals surface area contributed by atoms with E-state index in [9.17, 15) is 4.79 Å². The quantitative estimate of drug-likeness (QED) is 0.521. The summed E-state index contributed by atoms with van der Waals surface area (Å²) >= 11 is 0. The smallest absolute Gasteiger partial charge is 0.150 e. The van der Waals surface area contributed by atoms with Crippen molar-refractivity contribution >= 4 is 6.29 Å². The zero-order valence-corrected chi connectivity index (χ0v) is 7.32. The molecular weight excluding hydrogens is 168 g/mol. The molecule has 0 spiro atoms. The predicted molar refractivity (Wildman–Crippen MR) is 47.1 cm³/mol. The largest absolute Gasteiger partial charge is 0.496 e. The van der Waals surface area contributed by atoms with E-state index in [0.717, 1.165) is 24.2 Å². The monoisotopic (exact) mass is 178 g/mol. The number of hydrogen-bond donors (Lipinski definition) is 0. The predicted octanol–water partition coefficient (Wildman–Crippen LogP) is 1.58. The molecule has 68 valence electrons. The van der Waals surface area contributed by atoms with Gasteiger partial charge in [-0.15, -0.1) is 0 Å². The average Bonchev–Trinajstić information content (AvgIpc) is 3.00. The molecule has 0 bridgehead atoms. The molecule has 1 fully saturated rings. The second-order valence-corrected chi connectivity index (χ2v) is 2.94. The van der Waals surface area contributed by atoms with Gasteiger partial charge >= 0.3 is 0 Å². The summed E-state index contributed by atoms with van der Waals surface area (Å²) in [4.78, 5) is 10.5. The third-order valence-electron chi connectivity index (χ3n) is 2.07. The summed E-state index contributed by atoms with van der Waals surface area (Å²) in [6.45, 7) is 0.747. The number of rotatable bonds is 3. The molecule has 0 N–H and O–H groups in total. The molecule has 1 unspecified atom stereocenters. The standard InChI is InChI=1S/C10H10O3/c1-12-9-4-7(5-11)2-3-8(9)10-6-13-10/h2-5,10H,6H2,1H3. The van der Waals surface area contributed by atoms with Gasteiger partial charge in [-0.25, -0.2) is 0 Å². The highest BCUT2D eigenvalue weighted by molar-refractivity contribution is 5.76. The molecule has 2 rings (SSSR count). The Morgan fingerprint density at radius 3 is 2.92 bits per heavy atom. The van der Waals surface area contributed by atoms with Crippen LogP contribution in [0.15, 0.2) is 18.2 Å². The van der Waals surface area contributed by atoms with Crippen molar-refractivity contribution in [1.82, 2.24) is 0 Å². The molecule has 1 atom stereocenters. The lowest BCUT2D eigenvalue weighted by Crippen LogP contribution is -1.92. The van der Waals surface area contributed by atoms with E-state index in [1.165, 1.54) is 0 Å². The van der Waals surface area contributed by atoms with E-state index in [4.69, 9.17) is 9.47 Å². The molecule has 1 saturated heterocycles. The van der Waals surface area contributed by atoms with Crippen molar-refractivity contribution in [2.24, 2.45) is 0 Å². The van der Waals surface area contributed by atoms with Crippen molar-refractivity contribution in [2.45, 2.75) is 6.10 Å². The lowest BCUT2D eigenvalue weighted by Gasteiger charge is -2.05. The van der Waals surface area contributed by atoms with Gasteiger partial charge in [0.15, 0.2) is 0 Å². The third-order valence-corrected chi connectivity index (χ3v) is 2.07. The maximum absolute atomic E-state index is 10.5. The number of carbonyl (C=O) groups excluding carboxylic acids is 1. The van der Waals surface area contributed by atoms with Crippen LogP contribution in [-0.4, -0.2) is 20.0 Å². The molecule has 0 aliphatic carbocycles. The zero-order valence-electron chi connectivity index (χ0n) is 7.32. The fourth-order valence-electron chi connectivity index (χ4n) is 1.29. The summed E-state index contributed by atoms with van der Waals surface area (Å²) in [5, 5.41) is 0. The number of aldehydes is 1. The van der Waals surface area contributed by atoms with Gasteiger partial charge in [-0.3, -0.25) is 4.79 Å². The van der Waals surface area contributed by atoms with Crippen LogP contribution in [0.2, 0.25) is 0 Å². The van der Waals surface area contributed by atoms with Gasteiger partial charge < -0.3 is 9.47 Å². The normalized spacial score (nSPS) is 19.6. The van der Waals surface area contributed by atoms with Gasteiger partial charge in [-0.05, 0) is 6.07 Å². The van der Waals surface area contributed by atoms with Crippen LogP contribution in [-0.2, 0) is 4.74 Å². The van der Waals surface area contributed by atoms with Crippen LogP contribution in [0.1, 0.15) is 22.0 Å². The van der Waals surface area contributed by atoms with Crippen LogP contribution in [0, 0.1) is 0 Å². The SMILES string of the molecule is COc1cc(C=O)ccc1C1CO1. The minimum atomic E-state index is 0.163. The molecule has 1 aliphatic rings. The van der Waals surface area contributed by atoms with Crippen molar-refractivity contribution in [3.63, 3.8) is 0 Å². The Labute approximate surface area is 76.3 Å². The highest BCUT2D eigenvalue weighted by Crippen LogP contribution is 2.36. The molecule has 0 amide bonds. The summed E-state index contributed by atoms with van der Waals surface area (Å²) in [7, 11) is 1.59. The van der Waals surface area contributed by atoms with E-state index in [-0.39, 0.29) is 6.10 Å². The van der Waals surface area contributed by atoms with Crippen LogP contribution in [0.3, 0.4) is 0 Å². The van der Waals surface area contributed by atoms with Crippen LogP contribution >= 0.6 is 0 Å². The number of methoxy groups -OCH3 is 1. The Bertz CT molecular complexity index is 329. The van der Waals surface area contributed by atoms with Crippen molar-refractivity contribution in [3.8, 4) is 5.75 Å². The van der Waals surface area contributed by atoms with E-state index in [1.54, 1.807) is 19.2 Å². The molecule has 3 nitrogen and oxygen atoms in total. The third kappa shape index (κ3) is 1.55. The van der Waals surface area contributed by atoms with Crippen LogP contribution < -0.4 is 4.74 Å². The lowest BCUT2D eigenvalue weighted by molar-refractivity contribution is 0.112. The second-order valence-electron chi connectivity index (χ2n) is 2.94. The van der Waals surface area contributed by atoms with Crippen molar-refractivity contribution < 1.29 is 14.3 Å². The first-order valence-corrected chi connectivity index (χ1v) is 4.10. The highest BCUT2D eigenvalue weighted by atomic mass is 16.6. The topological polar surface area (TPSA) is 38.8 Å². The zero-order chi connectivity index (χ0) is 9.26. The minimum Gasteiger partial charge on any atom is -0.496 e. The first-order chi connectivity index (χ1) is 6.35. The Morgan fingerprint density at radius 1 is 1.62 bits per heavy atom. The van der Waals surface area contributed by atoms with Gasteiger partial charge in [0.25, 0.3) is 0 Å². The van der Waals surface area contributed by atoms with Gasteiger partial charge in [-0.2, -0.15) is 0 Å². The van der Waals surface area contributed by atoms with Crippen molar-refractivity contribution in [2.75, 3.05) is 13.7 Å². The molecule has 13 heavy (non-hydrogen) atoms. The van der Waals surface area contributed by atoms with E-state index in [2.05, 4.69) is 0 Å². The van der Waals surface area contributed by atoms with Gasteiger partial charge in [0.1, 0.15) is 18.1 Å². The Balaban J connectivity index is 2.38. The number of benzene rings is 1. The van der Waals surface area contributed by atoms with Crippen LogP contribution in [0.4, 0.5) is 0 Å². The van der Waals surface area contributed by atoms with Crippen molar-refractivity contribution in [3.05, 3.63) is 29.3 Å². The first kappa shape index (κ1) is 8.26. The molecule has 3 heteroatoms. The molecule has 1 aliphatic heterocycles. The van der Waals surface area contributed by atoms with E-state index < -0.39 is 0 Å². The van der Waals surface area contributed by atoms with Crippen LogP contribution in [0.5, 0.6) is 5.75 Å². The summed E-state index contributed by atoms with van der Waals surface area (Å²) in [5.41, 5.74) is 1.65. The summed E-state index contributed by atoms with van der Waals surface area (Å²) < 4.78 is 10.3. The highest BCUT2D eigenvalue weighted by Gasteiger charge is 2.27. The summed E-state index contributed by atoms with van der Waals surface area (Å²) in [6, 6.07) is 5.37. The summed E-state index contributed by atoms with van der Waals surface area (Å²) in [5.74, 6) is 0.729. The second kappa shape index (κ2) is 3.18. The fourth-order valence-corrected chi connectivity index (χ4v) is 1.29. The van der Waals surface area contributed by atoms with E-state index in [0.29, 0.717) is 5.56 Å². The Morgan fingerprint density at radius 2 is 2.38 bits per heavy atom. The molecular formula is C10H10O3. The average molecular weight is 178 g/mol. The molecule has 1 aromatic rings. The first-order valence-electron chi connectivity index (χ1n) is 4.10. The Kier molecular flexibility index (Phi) is 2.02. The van der Waals surface area contributed by atoms with Gasteiger partial charge in [0, 0.05) is 11.1 Å². The number of hydrogen-bond acceptors (Lipinski definition) is 3. The van der Waals surface area contributed by atoms with E-state index in [1.807, 2.05) is 6.07 Å². The molecule has 1 heterocycles. The molecule has 0 saturated carbocycles. The van der Waals surface area contributed by atoms with Crippen molar-refractivity contribution in [1.29, 1.82) is 0 Å². The van der Waals surface area contributed by atoms with Gasteiger partial charge in [0.2, 0.25) is 0 Å². The molecule has 0 aromatic heterocycles. The number of epoxide rings is 1. The molecule has 0 radical (unpaired) electrons. The van der Waals surface area contributed by atoms with Gasteiger partial charge in [-0.1, -0.05) is 12.1 Å². The van der Waals surface area contributed by atoms with Gasteiger partial charge in [0.05, 0.1) is 13.7 Å². The summed E-state index contributed by atoms with van der Waals surface area (Å²) in [6.07, 6.45) is 0.968. The lowest BCUT2D eigenvalue weighted by atomic mass is 10.1. The number of ether oxygens (including phenoxy) is 2.